The maximum atomic E-state index is 13.6. The number of esters is 3. The minimum Gasteiger partial charge on any atom is -0.462 e. The quantitative estimate of drug-likeness (QED) is 0.195. The third-order valence-electron chi connectivity index (χ3n) is 12.0. The normalized spacial score (nSPS) is 32.7. The Bertz CT molecular complexity index is 1630. The lowest BCUT2D eigenvalue weighted by Gasteiger charge is -2.66. The molecule has 4 aliphatic carbocycles. The average Bonchev–Trinajstić information content (AvgIpc) is 3.39. The number of allylic oxidation sites excluding steroid dienone is 2. The van der Waals surface area contributed by atoms with Crippen LogP contribution in [0.4, 0.5) is 0 Å². The molecule has 238 valence electrons. The van der Waals surface area contributed by atoms with Gasteiger partial charge in [0.15, 0.2) is 0 Å². The minimum absolute atomic E-state index is 0.0122. The molecule has 46 heavy (non-hydrogen) atoms. The van der Waals surface area contributed by atoms with Crippen molar-refractivity contribution in [2.75, 3.05) is 6.61 Å². The topological polar surface area (TPSA) is 78.9 Å². The molecule has 6 nitrogen and oxygen atoms in total. The summed E-state index contributed by atoms with van der Waals surface area (Å²) in [5.41, 5.74) is 1.04. The van der Waals surface area contributed by atoms with E-state index in [2.05, 4.69) is 19.9 Å². The lowest BCUT2D eigenvalue weighted by molar-refractivity contribution is -0.210. The molecule has 3 aromatic carbocycles. The highest BCUT2D eigenvalue weighted by Gasteiger charge is 2.70. The lowest BCUT2D eigenvalue weighted by atomic mass is 9.39. The first-order valence-electron chi connectivity index (χ1n) is 16.7. The summed E-state index contributed by atoms with van der Waals surface area (Å²) in [5, 5.41) is 0. The van der Waals surface area contributed by atoms with Crippen LogP contribution >= 0.6 is 0 Å². The molecule has 0 aromatic heterocycles. The standard InChI is InChI=1S/C40H42O6/c1-38(26-44-35(41)27-13-6-3-7-14-27)20-12-21-39(2)34(38)33(46-37(43)29-17-10-5-11-18-29)24-31-23-30-25-40(31,39)22-19-32(30)45-36(42)28-15-8-4-9-16-28/h3-11,13-19,30-31,33-34H,12,20-26H2,1-2H3/t30-,31-,33-,34+,38+,39+,40+/m1/s1. The molecule has 7 atom stereocenters. The first-order chi connectivity index (χ1) is 22.2. The van der Waals surface area contributed by atoms with Gasteiger partial charge in [0, 0.05) is 17.3 Å². The molecule has 7 rings (SSSR count). The first-order valence-corrected chi connectivity index (χ1v) is 16.7. The maximum absolute atomic E-state index is 13.6. The van der Waals surface area contributed by atoms with E-state index in [0.29, 0.717) is 22.6 Å². The molecular weight excluding hydrogens is 576 g/mol. The van der Waals surface area contributed by atoms with Gasteiger partial charge in [0.1, 0.15) is 11.9 Å². The Morgan fingerprint density at radius 1 is 0.739 bits per heavy atom. The summed E-state index contributed by atoms with van der Waals surface area (Å²) in [6, 6.07) is 27.5. The molecule has 3 fully saturated rings. The SMILES string of the molecule is C[C@@]1(COC(=O)c2ccccc2)CCC[C@@]2(C)[C@H]1[C@H](OC(=O)c1ccccc1)C[C@H]1C[C@@H]3C[C@@]12CC=C3OC(=O)c1ccccc1. The van der Waals surface area contributed by atoms with Crippen LogP contribution in [0.5, 0.6) is 0 Å². The fourth-order valence-electron chi connectivity index (χ4n) is 10.0. The number of hydrogen-bond acceptors (Lipinski definition) is 6. The van der Waals surface area contributed by atoms with E-state index in [0.717, 1.165) is 50.7 Å². The van der Waals surface area contributed by atoms with Gasteiger partial charge in [-0.05, 0) is 97.7 Å². The predicted molar refractivity (Wildman–Crippen MR) is 174 cm³/mol. The fraction of sp³-hybridized carbons (Fsp3) is 0.425. The van der Waals surface area contributed by atoms with Crippen molar-refractivity contribution in [3.63, 3.8) is 0 Å². The van der Waals surface area contributed by atoms with Gasteiger partial charge in [-0.2, -0.15) is 0 Å². The van der Waals surface area contributed by atoms with Crippen molar-refractivity contribution in [3.8, 4) is 0 Å². The predicted octanol–water partition coefficient (Wildman–Crippen LogP) is 8.44. The molecule has 0 unspecified atom stereocenters. The van der Waals surface area contributed by atoms with Gasteiger partial charge >= 0.3 is 17.9 Å². The molecule has 0 N–H and O–H groups in total. The molecule has 4 aliphatic rings. The van der Waals surface area contributed by atoms with Gasteiger partial charge in [0.25, 0.3) is 0 Å². The van der Waals surface area contributed by atoms with Crippen LogP contribution in [-0.2, 0) is 14.2 Å². The van der Waals surface area contributed by atoms with E-state index in [1.807, 2.05) is 54.6 Å². The van der Waals surface area contributed by atoms with Crippen LogP contribution in [0.2, 0.25) is 0 Å². The lowest BCUT2D eigenvalue weighted by Crippen LogP contribution is -2.64. The fourth-order valence-corrected chi connectivity index (χ4v) is 10.0. The summed E-state index contributed by atoms with van der Waals surface area (Å²) < 4.78 is 18.6. The Balaban J connectivity index is 1.20. The molecule has 0 saturated heterocycles. The summed E-state index contributed by atoms with van der Waals surface area (Å²) in [6.07, 6.45) is 8.14. The van der Waals surface area contributed by atoms with Gasteiger partial charge in [0.05, 0.1) is 23.3 Å². The van der Waals surface area contributed by atoms with Crippen molar-refractivity contribution in [3.05, 3.63) is 120 Å². The Morgan fingerprint density at radius 3 is 1.96 bits per heavy atom. The van der Waals surface area contributed by atoms with Crippen LogP contribution in [0, 0.1) is 34.0 Å². The number of rotatable bonds is 7. The van der Waals surface area contributed by atoms with Crippen LogP contribution in [0.3, 0.4) is 0 Å². The highest BCUT2D eigenvalue weighted by Crippen LogP contribution is 2.74. The smallest absolute Gasteiger partial charge is 0.343 e. The molecule has 3 saturated carbocycles. The average molecular weight is 619 g/mol. The van der Waals surface area contributed by atoms with E-state index in [-0.39, 0.29) is 58.7 Å². The van der Waals surface area contributed by atoms with E-state index in [9.17, 15) is 14.4 Å². The number of benzene rings is 3. The second kappa shape index (κ2) is 11.9. The monoisotopic (exact) mass is 618 g/mol. The third-order valence-corrected chi connectivity index (χ3v) is 12.0. The number of ether oxygens (including phenoxy) is 3. The Kier molecular flexibility index (Phi) is 7.86. The summed E-state index contributed by atoms with van der Waals surface area (Å²) >= 11 is 0. The summed E-state index contributed by atoms with van der Waals surface area (Å²) in [5.74, 6) is 0.257. The Labute approximate surface area is 271 Å². The zero-order chi connectivity index (χ0) is 31.9. The van der Waals surface area contributed by atoms with Crippen LogP contribution in [0.15, 0.2) is 103 Å². The van der Waals surface area contributed by atoms with Gasteiger partial charge in [-0.3, -0.25) is 0 Å². The highest BCUT2D eigenvalue weighted by molar-refractivity contribution is 5.90. The zero-order valence-electron chi connectivity index (χ0n) is 26.7. The number of carbonyl (C=O) groups is 3. The van der Waals surface area contributed by atoms with E-state index in [1.54, 1.807) is 36.4 Å². The van der Waals surface area contributed by atoms with Crippen LogP contribution in [-0.4, -0.2) is 30.6 Å². The van der Waals surface area contributed by atoms with Crippen LogP contribution < -0.4 is 0 Å². The number of fused-ring (bicyclic) bond motifs is 2. The van der Waals surface area contributed by atoms with E-state index >= 15 is 0 Å². The van der Waals surface area contributed by atoms with Gasteiger partial charge < -0.3 is 14.2 Å². The number of carbonyl (C=O) groups excluding carboxylic acids is 3. The van der Waals surface area contributed by atoms with E-state index < -0.39 is 0 Å². The number of hydrogen-bond donors (Lipinski definition) is 0. The zero-order valence-corrected chi connectivity index (χ0v) is 26.7. The van der Waals surface area contributed by atoms with Crippen molar-refractivity contribution < 1.29 is 28.6 Å². The second-order valence-corrected chi connectivity index (χ2v) is 14.4. The second-order valence-electron chi connectivity index (χ2n) is 14.4. The van der Waals surface area contributed by atoms with Crippen molar-refractivity contribution in [2.45, 2.75) is 64.9 Å². The van der Waals surface area contributed by atoms with Crippen molar-refractivity contribution in [1.29, 1.82) is 0 Å². The molecule has 0 aliphatic heterocycles. The first kappa shape index (κ1) is 30.5. The summed E-state index contributed by atoms with van der Waals surface area (Å²) in [6.45, 7) is 4.90. The summed E-state index contributed by atoms with van der Waals surface area (Å²) in [4.78, 5) is 39.8. The molecule has 2 bridgehead atoms. The molecular formula is C40H42O6. The largest absolute Gasteiger partial charge is 0.462 e. The molecule has 0 heterocycles. The third kappa shape index (κ3) is 5.16. The molecule has 1 spiro atoms. The minimum atomic E-state index is -0.388. The molecule has 0 amide bonds. The van der Waals surface area contributed by atoms with Gasteiger partial charge in [-0.25, -0.2) is 14.4 Å². The van der Waals surface area contributed by atoms with Crippen LogP contribution in [0.25, 0.3) is 0 Å². The Hall–Kier alpha value is -4.19. The van der Waals surface area contributed by atoms with Crippen LogP contribution in [0.1, 0.15) is 89.9 Å². The molecule has 3 aromatic rings. The summed E-state index contributed by atoms with van der Waals surface area (Å²) in [7, 11) is 0. The van der Waals surface area contributed by atoms with E-state index in [1.165, 1.54) is 0 Å². The van der Waals surface area contributed by atoms with Crippen molar-refractivity contribution >= 4 is 17.9 Å². The molecule has 0 radical (unpaired) electrons. The van der Waals surface area contributed by atoms with Gasteiger partial charge in [0.2, 0.25) is 0 Å². The van der Waals surface area contributed by atoms with Crippen molar-refractivity contribution in [2.24, 2.45) is 34.0 Å². The molecule has 6 heteroatoms. The van der Waals surface area contributed by atoms with Gasteiger partial charge in [-0.1, -0.05) is 74.9 Å². The highest BCUT2D eigenvalue weighted by atomic mass is 16.5. The Morgan fingerprint density at radius 2 is 1.33 bits per heavy atom. The van der Waals surface area contributed by atoms with Crippen molar-refractivity contribution in [1.82, 2.24) is 0 Å². The maximum Gasteiger partial charge on any atom is 0.343 e. The van der Waals surface area contributed by atoms with Gasteiger partial charge in [-0.15, -0.1) is 0 Å². The van der Waals surface area contributed by atoms with E-state index in [4.69, 9.17) is 14.2 Å².